The molecule has 13 heavy (non-hydrogen) atoms. The normalized spacial score (nSPS) is 13.8. The number of benzene rings is 1. The topological polar surface area (TPSA) is 0 Å². The number of aryl methyl sites for hydroxylation is 2. The fourth-order valence-corrected chi connectivity index (χ4v) is 2.03. The molecule has 0 fully saturated rings. The van der Waals surface area contributed by atoms with Crippen molar-refractivity contribution in [2.24, 2.45) is 0 Å². The van der Waals surface area contributed by atoms with E-state index in [9.17, 15) is 0 Å². The Morgan fingerprint density at radius 2 is 1.92 bits per heavy atom. The zero-order valence-electron chi connectivity index (χ0n) is 8.22. The molecular formula is C13H14. The maximum absolute atomic E-state index is 3.84. The number of fused-ring (bicyclic) bond motifs is 1. The Hall–Kier alpha value is -1.30. The molecule has 0 spiro atoms. The largest absolute Gasteiger partial charge is 0.0985 e. The molecule has 0 unspecified atom stereocenters. The molecule has 1 aromatic carbocycles. The van der Waals surface area contributed by atoms with E-state index in [0.29, 0.717) is 0 Å². The van der Waals surface area contributed by atoms with Gasteiger partial charge in [0.1, 0.15) is 0 Å². The molecule has 0 saturated carbocycles. The van der Waals surface area contributed by atoms with Crippen molar-refractivity contribution in [2.45, 2.75) is 20.3 Å². The maximum Gasteiger partial charge on any atom is -0.00793 e. The predicted molar refractivity (Wildman–Crippen MR) is 57.8 cm³/mol. The van der Waals surface area contributed by atoms with Gasteiger partial charge in [-0.1, -0.05) is 30.9 Å². The lowest BCUT2D eigenvalue weighted by Crippen LogP contribution is -1.91. The lowest BCUT2D eigenvalue weighted by Gasteiger charge is -2.08. The van der Waals surface area contributed by atoms with Crippen LogP contribution in [0.15, 0.2) is 30.9 Å². The van der Waals surface area contributed by atoms with Gasteiger partial charge in [-0.3, -0.25) is 0 Å². The van der Waals surface area contributed by atoms with Crippen LogP contribution < -0.4 is 0 Å². The Labute approximate surface area is 79.6 Å². The van der Waals surface area contributed by atoms with Gasteiger partial charge in [0.15, 0.2) is 0 Å². The number of rotatable bonds is 1. The average Bonchev–Trinajstić information content (AvgIpc) is 2.56. The molecule has 1 aliphatic rings. The Balaban J connectivity index is 2.69. The monoisotopic (exact) mass is 170 g/mol. The van der Waals surface area contributed by atoms with E-state index in [1.165, 1.54) is 27.8 Å². The van der Waals surface area contributed by atoms with Gasteiger partial charge in [-0.05, 0) is 48.1 Å². The Kier molecular flexibility index (Phi) is 1.84. The minimum atomic E-state index is 1.07. The van der Waals surface area contributed by atoms with Crippen LogP contribution in [0.2, 0.25) is 0 Å². The molecule has 0 heterocycles. The van der Waals surface area contributed by atoms with E-state index in [-0.39, 0.29) is 0 Å². The molecule has 0 nitrogen and oxygen atoms in total. The first-order valence-corrected chi connectivity index (χ1v) is 4.66. The van der Waals surface area contributed by atoms with Gasteiger partial charge < -0.3 is 0 Å². The SMILES string of the molecule is C=CC1=CCc2c(C)ccc(C)c21. The van der Waals surface area contributed by atoms with Gasteiger partial charge in [0.05, 0.1) is 0 Å². The van der Waals surface area contributed by atoms with Crippen molar-refractivity contribution in [1.82, 2.24) is 0 Å². The van der Waals surface area contributed by atoms with E-state index in [1.807, 2.05) is 6.08 Å². The second kappa shape index (κ2) is 2.88. The highest BCUT2D eigenvalue weighted by molar-refractivity contribution is 5.82. The van der Waals surface area contributed by atoms with E-state index in [4.69, 9.17) is 0 Å². The first-order valence-electron chi connectivity index (χ1n) is 4.66. The van der Waals surface area contributed by atoms with Crippen LogP contribution >= 0.6 is 0 Å². The maximum atomic E-state index is 3.84. The fraction of sp³-hybridized carbons (Fsp3) is 0.231. The number of allylic oxidation sites excluding steroid dienone is 3. The van der Waals surface area contributed by atoms with Gasteiger partial charge in [0.25, 0.3) is 0 Å². The first-order chi connectivity index (χ1) is 6.24. The predicted octanol–water partition coefficient (Wildman–Crippen LogP) is 3.43. The molecule has 0 aromatic heterocycles. The number of hydrogen-bond acceptors (Lipinski definition) is 0. The smallest absolute Gasteiger partial charge is 0.00793 e. The third kappa shape index (κ3) is 1.14. The van der Waals surface area contributed by atoms with Crippen molar-refractivity contribution < 1.29 is 0 Å². The average molecular weight is 170 g/mol. The van der Waals surface area contributed by atoms with Crippen LogP contribution in [0.4, 0.5) is 0 Å². The molecule has 0 heteroatoms. The van der Waals surface area contributed by atoms with Crippen molar-refractivity contribution in [2.75, 3.05) is 0 Å². The van der Waals surface area contributed by atoms with Gasteiger partial charge in [-0.25, -0.2) is 0 Å². The molecule has 0 radical (unpaired) electrons. The summed E-state index contributed by atoms with van der Waals surface area (Å²) in [5.74, 6) is 0. The molecular weight excluding hydrogens is 156 g/mol. The van der Waals surface area contributed by atoms with E-state index in [1.54, 1.807) is 0 Å². The first kappa shape index (κ1) is 8.31. The second-order valence-corrected chi connectivity index (χ2v) is 3.62. The zero-order chi connectivity index (χ0) is 9.42. The van der Waals surface area contributed by atoms with Crippen LogP contribution in [0.25, 0.3) is 5.57 Å². The summed E-state index contributed by atoms with van der Waals surface area (Å²) in [6, 6.07) is 4.39. The van der Waals surface area contributed by atoms with Gasteiger partial charge in [-0.2, -0.15) is 0 Å². The lowest BCUT2D eigenvalue weighted by atomic mass is 9.96. The fourth-order valence-electron chi connectivity index (χ4n) is 2.03. The summed E-state index contributed by atoms with van der Waals surface area (Å²) in [6.07, 6.45) is 5.29. The van der Waals surface area contributed by atoms with E-state index in [0.717, 1.165) is 6.42 Å². The summed E-state index contributed by atoms with van der Waals surface area (Å²) in [7, 11) is 0. The molecule has 66 valence electrons. The molecule has 1 aliphatic carbocycles. The van der Waals surface area contributed by atoms with E-state index < -0.39 is 0 Å². The van der Waals surface area contributed by atoms with Gasteiger partial charge in [0.2, 0.25) is 0 Å². The zero-order valence-corrected chi connectivity index (χ0v) is 8.22. The minimum absolute atomic E-state index is 1.07. The van der Waals surface area contributed by atoms with Gasteiger partial charge in [-0.15, -0.1) is 0 Å². The Morgan fingerprint density at radius 1 is 1.23 bits per heavy atom. The Morgan fingerprint density at radius 3 is 2.62 bits per heavy atom. The standard InChI is InChI=1S/C13H14/c1-4-11-7-8-12-9(2)5-6-10(3)13(11)12/h4-7H,1,8H2,2-3H3. The highest BCUT2D eigenvalue weighted by Crippen LogP contribution is 2.32. The van der Waals surface area contributed by atoms with Crippen LogP contribution in [-0.4, -0.2) is 0 Å². The van der Waals surface area contributed by atoms with E-state index in [2.05, 4.69) is 38.6 Å². The number of hydrogen-bond donors (Lipinski definition) is 0. The summed E-state index contributed by atoms with van der Waals surface area (Å²) in [5.41, 5.74) is 6.96. The molecule has 0 saturated heterocycles. The summed E-state index contributed by atoms with van der Waals surface area (Å²) < 4.78 is 0. The van der Waals surface area contributed by atoms with Crippen molar-refractivity contribution >= 4 is 5.57 Å². The summed E-state index contributed by atoms with van der Waals surface area (Å²) in [6.45, 7) is 8.19. The van der Waals surface area contributed by atoms with Crippen LogP contribution in [0.3, 0.4) is 0 Å². The third-order valence-corrected chi connectivity index (χ3v) is 2.79. The van der Waals surface area contributed by atoms with Crippen molar-refractivity contribution in [3.63, 3.8) is 0 Å². The quantitative estimate of drug-likeness (QED) is 0.605. The van der Waals surface area contributed by atoms with Crippen molar-refractivity contribution in [3.05, 3.63) is 53.1 Å². The molecule has 0 N–H and O–H groups in total. The lowest BCUT2D eigenvalue weighted by molar-refractivity contribution is 1.22. The summed E-state index contributed by atoms with van der Waals surface area (Å²) in [4.78, 5) is 0. The molecule has 0 aliphatic heterocycles. The molecule has 0 bridgehead atoms. The molecule has 0 amide bonds. The van der Waals surface area contributed by atoms with Crippen LogP contribution in [-0.2, 0) is 6.42 Å². The van der Waals surface area contributed by atoms with E-state index >= 15 is 0 Å². The second-order valence-electron chi connectivity index (χ2n) is 3.62. The summed E-state index contributed by atoms with van der Waals surface area (Å²) >= 11 is 0. The molecule has 2 rings (SSSR count). The third-order valence-electron chi connectivity index (χ3n) is 2.79. The highest BCUT2D eigenvalue weighted by atomic mass is 14.2. The minimum Gasteiger partial charge on any atom is -0.0985 e. The van der Waals surface area contributed by atoms with Crippen LogP contribution in [0.1, 0.15) is 22.3 Å². The highest BCUT2D eigenvalue weighted by Gasteiger charge is 2.15. The van der Waals surface area contributed by atoms with Gasteiger partial charge >= 0.3 is 0 Å². The summed E-state index contributed by atoms with van der Waals surface area (Å²) in [5, 5.41) is 0. The molecule has 0 atom stereocenters. The van der Waals surface area contributed by atoms with Crippen molar-refractivity contribution in [1.29, 1.82) is 0 Å². The van der Waals surface area contributed by atoms with Crippen LogP contribution in [0.5, 0.6) is 0 Å². The molecule has 1 aromatic rings. The van der Waals surface area contributed by atoms with Gasteiger partial charge in [0, 0.05) is 0 Å². The van der Waals surface area contributed by atoms with Crippen LogP contribution in [0, 0.1) is 13.8 Å². The van der Waals surface area contributed by atoms with Crippen molar-refractivity contribution in [3.8, 4) is 0 Å². The Bertz CT molecular complexity index is 395.